The van der Waals surface area contributed by atoms with Crippen LogP contribution in [0.2, 0.25) is 0 Å². The van der Waals surface area contributed by atoms with Gasteiger partial charge in [0.1, 0.15) is 17.0 Å². The van der Waals surface area contributed by atoms with Crippen LogP contribution >= 0.6 is 11.3 Å². The summed E-state index contributed by atoms with van der Waals surface area (Å²) in [6.45, 7) is 4.46. The van der Waals surface area contributed by atoms with E-state index in [2.05, 4.69) is 22.3 Å². The second kappa shape index (κ2) is 8.20. The predicted molar refractivity (Wildman–Crippen MR) is 109 cm³/mol. The fourth-order valence-corrected chi connectivity index (χ4v) is 4.22. The molecule has 146 valence electrons. The minimum Gasteiger partial charge on any atom is -0.378 e. The number of aryl methyl sites for hydroxylation is 3. The summed E-state index contributed by atoms with van der Waals surface area (Å²) in [5.41, 5.74) is 2.54. The van der Waals surface area contributed by atoms with Crippen molar-refractivity contribution in [3.8, 4) is 0 Å². The zero-order valence-electron chi connectivity index (χ0n) is 15.8. The van der Waals surface area contributed by atoms with Gasteiger partial charge < -0.3 is 9.64 Å². The van der Waals surface area contributed by atoms with Crippen LogP contribution in [0, 0.1) is 0 Å². The molecule has 28 heavy (non-hydrogen) atoms. The number of fused-ring (bicyclic) bond motifs is 1. The highest BCUT2D eigenvalue weighted by molar-refractivity contribution is 7.09. The third kappa shape index (κ3) is 3.70. The van der Waals surface area contributed by atoms with Gasteiger partial charge in [0.2, 0.25) is 0 Å². The first-order valence-corrected chi connectivity index (χ1v) is 10.3. The number of aldehydes is 1. The molecule has 0 unspecified atom stereocenters. The highest BCUT2D eigenvalue weighted by Crippen LogP contribution is 2.18. The van der Waals surface area contributed by atoms with Gasteiger partial charge in [-0.1, -0.05) is 6.92 Å². The lowest BCUT2D eigenvalue weighted by Gasteiger charge is -2.28. The number of hydrogen-bond acceptors (Lipinski definition) is 7. The average Bonchev–Trinajstić information content (AvgIpc) is 3.21. The number of nitrogens with zero attached hydrogens (tertiary/aromatic N) is 4. The molecular weight excluding hydrogens is 376 g/mol. The van der Waals surface area contributed by atoms with E-state index in [-0.39, 0.29) is 11.1 Å². The first kappa shape index (κ1) is 18.8. The summed E-state index contributed by atoms with van der Waals surface area (Å²) < 4.78 is 6.81. The predicted octanol–water partition coefficient (Wildman–Crippen LogP) is 2.15. The molecule has 0 saturated carbocycles. The Balaban J connectivity index is 1.65. The van der Waals surface area contributed by atoms with Gasteiger partial charge in [-0.05, 0) is 30.5 Å². The van der Waals surface area contributed by atoms with E-state index >= 15 is 0 Å². The molecule has 1 aliphatic rings. The van der Waals surface area contributed by atoms with Crippen molar-refractivity contribution in [3.05, 3.63) is 55.9 Å². The van der Waals surface area contributed by atoms with Crippen LogP contribution in [-0.2, 0) is 24.0 Å². The van der Waals surface area contributed by atoms with E-state index in [1.54, 1.807) is 17.5 Å². The standard InChI is InChI=1S/C20H22N4O3S/c1-2-15-13-28-18(21-15)4-3-14-5-6-24-17(11-14)22-19(16(12-25)20(24)26)23-7-9-27-10-8-23/h5-6,11-13H,2-4,7-10H2,1H3. The Kier molecular flexibility index (Phi) is 5.50. The summed E-state index contributed by atoms with van der Waals surface area (Å²) in [6, 6.07) is 3.83. The molecule has 0 amide bonds. The van der Waals surface area contributed by atoms with Crippen molar-refractivity contribution in [3.63, 3.8) is 0 Å². The number of ether oxygens (including phenoxy) is 1. The first-order chi connectivity index (χ1) is 13.7. The third-order valence-electron chi connectivity index (χ3n) is 4.93. The molecule has 0 atom stereocenters. The van der Waals surface area contributed by atoms with E-state index in [0.29, 0.717) is 44.1 Å². The highest BCUT2D eigenvalue weighted by Gasteiger charge is 2.20. The number of anilines is 1. The van der Waals surface area contributed by atoms with Gasteiger partial charge in [-0.25, -0.2) is 9.97 Å². The monoisotopic (exact) mass is 398 g/mol. The zero-order valence-corrected chi connectivity index (χ0v) is 16.6. The molecule has 8 heteroatoms. The number of carbonyl (C=O) groups is 1. The Hall–Kier alpha value is -2.58. The molecule has 0 spiro atoms. The van der Waals surface area contributed by atoms with Crippen LogP contribution in [0.15, 0.2) is 28.5 Å². The SMILES string of the molecule is CCc1csc(CCc2ccn3c(=O)c(C=O)c(N4CCOCC4)nc3c2)n1. The van der Waals surface area contributed by atoms with Crippen molar-refractivity contribution in [2.45, 2.75) is 26.2 Å². The topological polar surface area (TPSA) is 76.8 Å². The molecule has 0 bridgehead atoms. The molecule has 0 radical (unpaired) electrons. The number of carbonyl (C=O) groups excluding carboxylic acids is 1. The van der Waals surface area contributed by atoms with Crippen molar-refractivity contribution < 1.29 is 9.53 Å². The normalized spacial score (nSPS) is 14.5. The lowest BCUT2D eigenvalue weighted by Crippen LogP contribution is -2.39. The van der Waals surface area contributed by atoms with Crippen LogP contribution in [-0.4, -0.2) is 47.0 Å². The Bertz CT molecular complexity index is 1050. The van der Waals surface area contributed by atoms with Gasteiger partial charge in [-0.3, -0.25) is 14.0 Å². The van der Waals surface area contributed by atoms with Crippen LogP contribution < -0.4 is 10.5 Å². The molecule has 0 N–H and O–H groups in total. The van der Waals surface area contributed by atoms with Crippen LogP contribution in [0.5, 0.6) is 0 Å². The number of rotatable bonds is 6. The Morgan fingerprint density at radius 3 is 2.79 bits per heavy atom. The maximum absolute atomic E-state index is 12.8. The van der Waals surface area contributed by atoms with E-state index in [9.17, 15) is 9.59 Å². The highest BCUT2D eigenvalue weighted by atomic mass is 32.1. The fourth-order valence-electron chi connectivity index (χ4n) is 3.33. The van der Waals surface area contributed by atoms with Gasteiger partial charge in [-0.15, -0.1) is 11.3 Å². The van der Waals surface area contributed by atoms with E-state index < -0.39 is 0 Å². The van der Waals surface area contributed by atoms with E-state index in [4.69, 9.17) is 4.74 Å². The second-order valence-electron chi connectivity index (χ2n) is 6.72. The smallest absolute Gasteiger partial charge is 0.270 e. The molecule has 1 aliphatic heterocycles. The van der Waals surface area contributed by atoms with Gasteiger partial charge in [0.25, 0.3) is 5.56 Å². The number of thiazole rings is 1. The molecule has 4 heterocycles. The first-order valence-electron chi connectivity index (χ1n) is 9.46. The molecule has 7 nitrogen and oxygen atoms in total. The minimum absolute atomic E-state index is 0.0991. The van der Waals surface area contributed by atoms with E-state index in [1.807, 2.05) is 17.0 Å². The van der Waals surface area contributed by atoms with Crippen molar-refractivity contribution >= 4 is 29.1 Å². The van der Waals surface area contributed by atoms with Gasteiger partial charge in [-0.2, -0.15) is 0 Å². The molecule has 3 aromatic rings. The van der Waals surface area contributed by atoms with Crippen molar-refractivity contribution in [2.75, 3.05) is 31.2 Å². The Morgan fingerprint density at radius 2 is 2.07 bits per heavy atom. The summed E-state index contributed by atoms with van der Waals surface area (Å²) in [6.07, 6.45) is 4.94. The van der Waals surface area contributed by atoms with Crippen molar-refractivity contribution in [1.82, 2.24) is 14.4 Å². The minimum atomic E-state index is -0.333. The molecule has 1 fully saturated rings. The maximum Gasteiger partial charge on any atom is 0.270 e. The molecule has 1 saturated heterocycles. The van der Waals surface area contributed by atoms with Crippen LogP contribution in [0.3, 0.4) is 0 Å². The van der Waals surface area contributed by atoms with Crippen LogP contribution in [0.25, 0.3) is 5.65 Å². The Morgan fingerprint density at radius 1 is 1.25 bits per heavy atom. The van der Waals surface area contributed by atoms with E-state index in [1.165, 1.54) is 4.40 Å². The second-order valence-corrected chi connectivity index (χ2v) is 7.66. The zero-order chi connectivity index (χ0) is 19.5. The van der Waals surface area contributed by atoms with Gasteiger partial charge in [0, 0.05) is 31.1 Å². The number of hydrogen-bond donors (Lipinski definition) is 0. The number of aromatic nitrogens is 3. The Labute approximate surface area is 166 Å². The largest absolute Gasteiger partial charge is 0.378 e. The van der Waals surface area contributed by atoms with Gasteiger partial charge in [0.05, 0.1) is 23.9 Å². The third-order valence-corrected chi connectivity index (χ3v) is 5.88. The molecule has 3 aromatic heterocycles. The van der Waals surface area contributed by atoms with Crippen molar-refractivity contribution in [1.29, 1.82) is 0 Å². The fraction of sp³-hybridized carbons (Fsp3) is 0.400. The molecule has 0 aromatic carbocycles. The molecule has 4 rings (SSSR count). The van der Waals surface area contributed by atoms with Gasteiger partial charge >= 0.3 is 0 Å². The summed E-state index contributed by atoms with van der Waals surface area (Å²) in [5.74, 6) is 0.452. The summed E-state index contributed by atoms with van der Waals surface area (Å²) >= 11 is 1.69. The molecule has 0 aliphatic carbocycles. The average molecular weight is 398 g/mol. The molecular formula is C20H22N4O3S. The number of morpholine rings is 1. The summed E-state index contributed by atoms with van der Waals surface area (Å²) in [5, 5.41) is 3.22. The quantitative estimate of drug-likeness (QED) is 0.592. The lowest BCUT2D eigenvalue weighted by molar-refractivity contribution is 0.111. The maximum atomic E-state index is 12.8. The van der Waals surface area contributed by atoms with Gasteiger partial charge in [0.15, 0.2) is 6.29 Å². The van der Waals surface area contributed by atoms with Crippen molar-refractivity contribution in [2.24, 2.45) is 0 Å². The van der Waals surface area contributed by atoms with E-state index in [0.717, 1.165) is 35.5 Å². The van der Waals surface area contributed by atoms with Crippen LogP contribution in [0.4, 0.5) is 5.82 Å². The summed E-state index contributed by atoms with van der Waals surface area (Å²) in [4.78, 5) is 35.6. The lowest BCUT2D eigenvalue weighted by atomic mass is 10.1. The van der Waals surface area contributed by atoms with Crippen LogP contribution in [0.1, 0.15) is 33.5 Å². The number of pyridine rings is 1. The summed E-state index contributed by atoms with van der Waals surface area (Å²) in [7, 11) is 0.